The molecule has 1 atom stereocenters. The van der Waals surface area contributed by atoms with Gasteiger partial charge >= 0.3 is 0 Å². The van der Waals surface area contributed by atoms with Crippen LogP contribution in [0.15, 0.2) is 24.3 Å². The molecule has 1 unspecified atom stereocenters. The number of piperidine rings is 3. The summed E-state index contributed by atoms with van der Waals surface area (Å²) < 4.78 is 5.13. The smallest absolute Gasteiger partial charge is 0.257 e. The first-order chi connectivity index (χ1) is 10.7. The van der Waals surface area contributed by atoms with Gasteiger partial charge in [-0.1, -0.05) is 6.07 Å². The Morgan fingerprint density at radius 1 is 1.36 bits per heavy atom. The van der Waals surface area contributed by atoms with Crippen LogP contribution in [0.1, 0.15) is 23.2 Å². The first-order valence-corrected chi connectivity index (χ1v) is 8.05. The predicted molar refractivity (Wildman–Crippen MR) is 89.1 cm³/mol. The number of thiocarbonyl (C=S) groups is 1. The van der Waals surface area contributed by atoms with E-state index >= 15 is 0 Å². The van der Waals surface area contributed by atoms with E-state index in [1.165, 1.54) is 25.9 Å². The van der Waals surface area contributed by atoms with Crippen LogP contribution in [-0.4, -0.2) is 48.7 Å². The Balaban J connectivity index is 1.56. The van der Waals surface area contributed by atoms with E-state index in [1.807, 2.05) is 0 Å². The van der Waals surface area contributed by atoms with Crippen molar-refractivity contribution in [2.75, 3.05) is 26.7 Å². The van der Waals surface area contributed by atoms with Gasteiger partial charge in [-0.3, -0.25) is 10.1 Å². The summed E-state index contributed by atoms with van der Waals surface area (Å²) >= 11 is 5.30. The second-order valence-corrected chi connectivity index (χ2v) is 6.31. The average Bonchev–Trinajstić information content (AvgIpc) is 2.56. The molecule has 0 aliphatic carbocycles. The highest BCUT2D eigenvalue weighted by atomic mass is 32.1. The third-order valence-corrected chi connectivity index (χ3v) is 4.75. The standard InChI is InChI=1S/C16H21N3O2S/c1-21-13-4-2-3-12(9-13)15(20)18-16(22)17-14-10-19-7-5-11(14)6-8-19/h2-4,9,11,14H,5-8,10H2,1H3,(H2,17,18,20,22). The first-order valence-electron chi connectivity index (χ1n) is 7.64. The number of amides is 1. The lowest BCUT2D eigenvalue weighted by Crippen LogP contribution is -2.59. The highest BCUT2D eigenvalue weighted by Crippen LogP contribution is 2.27. The molecular weight excluding hydrogens is 298 g/mol. The lowest BCUT2D eigenvalue weighted by Gasteiger charge is -2.45. The Hall–Kier alpha value is -1.66. The molecule has 118 valence electrons. The maximum atomic E-state index is 12.2. The predicted octanol–water partition coefficient (Wildman–Crippen LogP) is 1.39. The zero-order valence-electron chi connectivity index (χ0n) is 12.7. The second kappa shape index (κ2) is 6.62. The van der Waals surface area contributed by atoms with Crippen LogP contribution in [0.3, 0.4) is 0 Å². The summed E-state index contributed by atoms with van der Waals surface area (Å²) in [6, 6.07) is 7.39. The summed E-state index contributed by atoms with van der Waals surface area (Å²) in [5, 5.41) is 6.48. The average molecular weight is 319 g/mol. The zero-order chi connectivity index (χ0) is 15.5. The molecule has 0 radical (unpaired) electrons. The summed E-state index contributed by atoms with van der Waals surface area (Å²) in [5.74, 6) is 1.11. The number of benzene rings is 1. The quantitative estimate of drug-likeness (QED) is 0.825. The summed E-state index contributed by atoms with van der Waals surface area (Å²) in [4.78, 5) is 14.7. The maximum Gasteiger partial charge on any atom is 0.257 e. The van der Waals surface area contributed by atoms with E-state index in [4.69, 9.17) is 17.0 Å². The van der Waals surface area contributed by atoms with Gasteiger partial charge in [0.05, 0.1) is 7.11 Å². The van der Waals surface area contributed by atoms with Crippen LogP contribution in [0.2, 0.25) is 0 Å². The molecule has 6 heteroatoms. The van der Waals surface area contributed by atoms with Gasteiger partial charge in [0.15, 0.2) is 5.11 Å². The van der Waals surface area contributed by atoms with Crippen molar-refractivity contribution in [1.29, 1.82) is 0 Å². The topological polar surface area (TPSA) is 53.6 Å². The van der Waals surface area contributed by atoms with Gasteiger partial charge in [-0.15, -0.1) is 0 Å². The van der Waals surface area contributed by atoms with Crippen LogP contribution in [0.4, 0.5) is 0 Å². The van der Waals surface area contributed by atoms with Crippen molar-refractivity contribution in [3.8, 4) is 5.75 Å². The molecule has 3 saturated heterocycles. The van der Waals surface area contributed by atoms with Crippen molar-refractivity contribution in [1.82, 2.24) is 15.5 Å². The number of rotatable bonds is 3. The van der Waals surface area contributed by atoms with Gasteiger partial charge in [0, 0.05) is 18.2 Å². The molecule has 3 aliphatic rings. The maximum absolute atomic E-state index is 12.2. The van der Waals surface area contributed by atoms with Gasteiger partial charge in [-0.25, -0.2) is 0 Å². The summed E-state index contributed by atoms with van der Waals surface area (Å²) in [6.45, 7) is 3.39. The van der Waals surface area contributed by atoms with Gasteiger partial charge in [-0.2, -0.15) is 0 Å². The molecule has 2 bridgehead atoms. The van der Waals surface area contributed by atoms with E-state index in [1.54, 1.807) is 31.4 Å². The monoisotopic (exact) mass is 319 g/mol. The fourth-order valence-electron chi connectivity index (χ4n) is 3.27. The number of hydrogen-bond acceptors (Lipinski definition) is 4. The van der Waals surface area contributed by atoms with Gasteiger partial charge in [0.1, 0.15) is 5.75 Å². The van der Waals surface area contributed by atoms with Gasteiger partial charge in [-0.05, 0) is 62.3 Å². The number of fused-ring (bicyclic) bond motifs is 3. The number of nitrogens with zero attached hydrogens (tertiary/aromatic N) is 1. The van der Waals surface area contributed by atoms with E-state index in [9.17, 15) is 4.79 Å². The van der Waals surface area contributed by atoms with Gasteiger partial charge in [0.2, 0.25) is 0 Å². The Bertz CT molecular complexity index is 570. The SMILES string of the molecule is COc1cccc(C(=O)NC(=S)NC2CN3CCC2CC3)c1. The number of carbonyl (C=O) groups is 1. The van der Waals surface area contributed by atoms with Crippen molar-refractivity contribution in [2.24, 2.45) is 5.92 Å². The van der Waals surface area contributed by atoms with Crippen molar-refractivity contribution in [3.05, 3.63) is 29.8 Å². The third-order valence-electron chi connectivity index (χ3n) is 4.53. The Morgan fingerprint density at radius 3 is 2.77 bits per heavy atom. The zero-order valence-corrected chi connectivity index (χ0v) is 13.5. The molecule has 4 rings (SSSR count). The molecule has 3 aliphatic heterocycles. The third kappa shape index (κ3) is 3.39. The second-order valence-electron chi connectivity index (χ2n) is 5.90. The van der Waals surface area contributed by atoms with Gasteiger partial charge < -0.3 is 15.0 Å². The van der Waals surface area contributed by atoms with Crippen molar-refractivity contribution < 1.29 is 9.53 Å². The molecule has 3 fully saturated rings. The lowest BCUT2D eigenvalue weighted by molar-refractivity contribution is 0.0807. The fraction of sp³-hybridized carbons (Fsp3) is 0.500. The summed E-state index contributed by atoms with van der Waals surface area (Å²) in [6.07, 6.45) is 2.42. The normalized spacial score (nSPS) is 26.3. The minimum atomic E-state index is -0.210. The Morgan fingerprint density at radius 2 is 2.14 bits per heavy atom. The molecule has 3 heterocycles. The molecule has 5 nitrogen and oxygen atoms in total. The number of hydrogen-bond donors (Lipinski definition) is 2. The molecule has 22 heavy (non-hydrogen) atoms. The van der Waals surface area contributed by atoms with Crippen LogP contribution in [-0.2, 0) is 0 Å². The van der Waals surface area contributed by atoms with Crippen LogP contribution >= 0.6 is 12.2 Å². The number of carbonyl (C=O) groups excluding carboxylic acids is 1. The van der Waals surface area contributed by atoms with Crippen LogP contribution in [0.25, 0.3) is 0 Å². The molecule has 1 amide bonds. The van der Waals surface area contributed by atoms with Crippen LogP contribution in [0, 0.1) is 5.92 Å². The highest BCUT2D eigenvalue weighted by Gasteiger charge is 2.34. The molecule has 0 spiro atoms. The summed E-state index contributed by atoms with van der Waals surface area (Å²) in [5.41, 5.74) is 0.539. The molecule has 0 saturated carbocycles. The van der Waals surface area contributed by atoms with E-state index in [0.29, 0.717) is 28.4 Å². The number of nitrogens with one attached hydrogen (secondary N) is 2. The van der Waals surface area contributed by atoms with Crippen molar-refractivity contribution in [2.45, 2.75) is 18.9 Å². The molecule has 1 aromatic carbocycles. The highest BCUT2D eigenvalue weighted by molar-refractivity contribution is 7.80. The van der Waals surface area contributed by atoms with Gasteiger partial charge in [0.25, 0.3) is 5.91 Å². The largest absolute Gasteiger partial charge is 0.497 e. The molecular formula is C16H21N3O2S. The lowest BCUT2D eigenvalue weighted by atomic mass is 9.84. The van der Waals surface area contributed by atoms with Crippen LogP contribution < -0.4 is 15.4 Å². The minimum absolute atomic E-state index is 0.210. The Labute approximate surface area is 136 Å². The molecule has 0 aromatic heterocycles. The van der Waals surface area contributed by atoms with E-state index in [0.717, 1.165) is 6.54 Å². The van der Waals surface area contributed by atoms with Crippen molar-refractivity contribution >= 4 is 23.2 Å². The Kier molecular flexibility index (Phi) is 4.59. The van der Waals surface area contributed by atoms with E-state index in [-0.39, 0.29) is 5.91 Å². The molecule has 2 N–H and O–H groups in total. The van der Waals surface area contributed by atoms with Crippen molar-refractivity contribution in [3.63, 3.8) is 0 Å². The summed E-state index contributed by atoms with van der Waals surface area (Å²) in [7, 11) is 1.58. The van der Waals surface area contributed by atoms with E-state index < -0.39 is 0 Å². The van der Waals surface area contributed by atoms with E-state index in [2.05, 4.69) is 15.5 Å². The fourth-order valence-corrected chi connectivity index (χ4v) is 3.52. The number of methoxy groups -OCH3 is 1. The number of ether oxygens (including phenoxy) is 1. The van der Waals surface area contributed by atoms with Crippen LogP contribution in [0.5, 0.6) is 5.75 Å². The minimum Gasteiger partial charge on any atom is -0.497 e. The molecule has 1 aromatic rings. The first kappa shape index (κ1) is 15.2.